The minimum absolute atomic E-state index is 0.0505. The summed E-state index contributed by atoms with van der Waals surface area (Å²) in [7, 11) is 1.74. The van der Waals surface area contributed by atoms with Gasteiger partial charge in [0.25, 0.3) is 0 Å². The average Bonchev–Trinajstić information content (AvgIpc) is 2.13. The topological polar surface area (TPSA) is 29.5 Å². The molecule has 0 aliphatic carbocycles. The van der Waals surface area contributed by atoms with Crippen LogP contribution in [-0.4, -0.2) is 35.1 Å². The van der Waals surface area contributed by atoms with Crippen LogP contribution in [-0.2, 0) is 9.53 Å². The van der Waals surface area contributed by atoms with Gasteiger partial charge in [0.15, 0.2) is 0 Å². The summed E-state index contributed by atoms with van der Waals surface area (Å²) in [6.45, 7) is 13.9. The van der Waals surface area contributed by atoms with Gasteiger partial charge in [-0.25, -0.2) is 0 Å². The highest BCUT2D eigenvalue weighted by Gasteiger charge is 2.47. The second kappa shape index (κ2) is 4.45. The number of piperidine rings is 1. The number of ether oxygens (including phenoxy) is 1. The molecule has 1 aliphatic rings. The van der Waals surface area contributed by atoms with Gasteiger partial charge in [0.1, 0.15) is 0 Å². The molecule has 0 spiro atoms. The number of carbonyl (C=O) groups excluding carboxylic acids is 1. The van der Waals surface area contributed by atoms with E-state index in [4.69, 9.17) is 4.74 Å². The first-order valence-electron chi connectivity index (χ1n) is 6.15. The van der Waals surface area contributed by atoms with E-state index in [1.54, 1.807) is 14.0 Å². The van der Waals surface area contributed by atoms with Crippen LogP contribution >= 0.6 is 0 Å². The summed E-state index contributed by atoms with van der Waals surface area (Å²) in [6.07, 6.45) is 1.95. The molecule has 3 nitrogen and oxygen atoms in total. The maximum absolute atomic E-state index is 12.3. The van der Waals surface area contributed by atoms with Gasteiger partial charge in [-0.05, 0) is 47.5 Å². The second-order valence-corrected chi connectivity index (χ2v) is 6.31. The van der Waals surface area contributed by atoms with Crippen LogP contribution in [0, 0.1) is 0 Å². The van der Waals surface area contributed by atoms with E-state index in [0.29, 0.717) is 5.57 Å². The Morgan fingerprint density at radius 2 is 1.65 bits per heavy atom. The number of likely N-dealkylation sites (tertiary alicyclic amines) is 1. The van der Waals surface area contributed by atoms with Crippen molar-refractivity contribution in [2.24, 2.45) is 0 Å². The molecule has 1 amide bonds. The average molecular weight is 239 g/mol. The molecular weight excluding hydrogens is 214 g/mol. The summed E-state index contributed by atoms with van der Waals surface area (Å²) >= 11 is 0. The van der Waals surface area contributed by atoms with Gasteiger partial charge in [-0.3, -0.25) is 4.79 Å². The van der Waals surface area contributed by atoms with Crippen LogP contribution in [0.3, 0.4) is 0 Å². The van der Waals surface area contributed by atoms with E-state index >= 15 is 0 Å². The monoisotopic (exact) mass is 239 g/mol. The Kier molecular flexibility index (Phi) is 3.72. The number of nitrogens with zero attached hydrogens (tertiary/aromatic N) is 1. The summed E-state index contributed by atoms with van der Waals surface area (Å²) in [5.74, 6) is 0.0505. The first-order chi connectivity index (χ1) is 7.62. The molecule has 0 N–H and O–H groups in total. The van der Waals surface area contributed by atoms with E-state index in [0.717, 1.165) is 12.8 Å². The number of methoxy groups -OCH3 is 1. The zero-order valence-corrected chi connectivity index (χ0v) is 12.0. The van der Waals surface area contributed by atoms with Crippen LogP contribution in [0.5, 0.6) is 0 Å². The molecule has 3 heteroatoms. The third kappa shape index (κ3) is 2.71. The lowest BCUT2D eigenvalue weighted by Gasteiger charge is -2.55. The van der Waals surface area contributed by atoms with Crippen molar-refractivity contribution in [3.8, 4) is 0 Å². The maximum atomic E-state index is 12.3. The molecule has 1 fully saturated rings. The number of amides is 1. The zero-order valence-electron chi connectivity index (χ0n) is 12.0. The van der Waals surface area contributed by atoms with Crippen LogP contribution in [0.25, 0.3) is 0 Å². The van der Waals surface area contributed by atoms with Gasteiger partial charge in [-0.1, -0.05) is 6.58 Å². The van der Waals surface area contributed by atoms with Gasteiger partial charge in [0, 0.05) is 23.8 Å². The Morgan fingerprint density at radius 3 is 1.94 bits per heavy atom. The van der Waals surface area contributed by atoms with E-state index < -0.39 is 0 Å². The van der Waals surface area contributed by atoms with Crippen molar-refractivity contribution in [2.75, 3.05) is 7.11 Å². The third-order valence-electron chi connectivity index (χ3n) is 3.57. The normalized spacial score (nSPS) is 23.5. The Balaban J connectivity index is 3.09. The molecule has 1 aliphatic heterocycles. The fourth-order valence-electron chi connectivity index (χ4n) is 3.10. The Hall–Kier alpha value is -0.830. The first-order valence-corrected chi connectivity index (χ1v) is 6.15. The number of carbonyl (C=O) groups is 1. The van der Waals surface area contributed by atoms with E-state index in [1.165, 1.54) is 0 Å². The maximum Gasteiger partial charge on any atom is 0.249 e. The number of hydrogen-bond donors (Lipinski definition) is 0. The Morgan fingerprint density at radius 1 is 1.24 bits per heavy atom. The summed E-state index contributed by atoms with van der Waals surface area (Å²) in [5.41, 5.74) is 0.207. The van der Waals surface area contributed by atoms with Crippen LogP contribution in [0.15, 0.2) is 12.2 Å². The van der Waals surface area contributed by atoms with Crippen molar-refractivity contribution in [1.82, 2.24) is 4.90 Å². The molecule has 0 radical (unpaired) electrons. The smallest absolute Gasteiger partial charge is 0.249 e. The molecule has 1 heterocycles. The van der Waals surface area contributed by atoms with Crippen molar-refractivity contribution in [3.63, 3.8) is 0 Å². The van der Waals surface area contributed by atoms with Crippen molar-refractivity contribution in [2.45, 2.75) is 64.6 Å². The van der Waals surface area contributed by atoms with Crippen molar-refractivity contribution < 1.29 is 9.53 Å². The van der Waals surface area contributed by atoms with Gasteiger partial charge >= 0.3 is 0 Å². The van der Waals surface area contributed by atoms with Crippen LogP contribution in [0.2, 0.25) is 0 Å². The fourth-order valence-corrected chi connectivity index (χ4v) is 3.10. The molecule has 1 rings (SSSR count). The molecule has 0 atom stereocenters. The predicted molar refractivity (Wildman–Crippen MR) is 69.8 cm³/mol. The predicted octanol–water partition coefficient (Wildman–Crippen LogP) is 2.76. The largest absolute Gasteiger partial charge is 0.381 e. The molecule has 0 bridgehead atoms. The number of rotatable bonds is 2. The third-order valence-corrected chi connectivity index (χ3v) is 3.57. The second-order valence-electron chi connectivity index (χ2n) is 6.31. The Labute approximate surface area is 105 Å². The molecule has 0 aromatic carbocycles. The molecule has 1 saturated heterocycles. The van der Waals surface area contributed by atoms with E-state index in [-0.39, 0.29) is 23.1 Å². The molecule has 0 aromatic rings. The van der Waals surface area contributed by atoms with Gasteiger partial charge in [0.2, 0.25) is 5.91 Å². The van der Waals surface area contributed by atoms with Crippen molar-refractivity contribution >= 4 is 5.91 Å². The lowest BCUT2D eigenvalue weighted by molar-refractivity contribution is -0.152. The summed E-state index contributed by atoms with van der Waals surface area (Å²) in [6, 6.07) is 0. The van der Waals surface area contributed by atoms with E-state index in [2.05, 4.69) is 34.3 Å². The zero-order chi connectivity index (χ0) is 13.4. The highest BCUT2D eigenvalue weighted by atomic mass is 16.5. The molecule has 17 heavy (non-hydrogen) atoms. The van der Waals surface area contributed by atoms with Gasteiger partial charge < -0.3 is 9.64 Å². The SMILES string of the molecule is C=C(C)C(=O)N1C(C)(C)CC(OC)CC1(C)C. The first kappa shape index (κ1) is 14.2. The van der Waals surface area contributed by atoms with Gasteiger partial charge in [-0.2, -0.15) is 0 Å². The van der Waals surface area contributed by atoms with Crippen LogP contribution < -0.4 is 0 Å². The highest BCUT2D eigenvalue weighted by molar-refractivity contribution is 5.93. The molecular formula is C14H25NO2. The highest BCUT2D eigenvalue weighted by Crippen LogP contribution is 2.40. The summed E-state index contributed by atoms with van der Waals surface area (Å²) < 4.78 is 5.49. The number of hydrogen-bond acceptors (Lipinski definition) is 2. The molecule has 0 saturated carbocycles. The quantitative estimate of drug-likeness (QED) is 0.693. The lowest BCUT2D eigenvalue weighted by Crippen LogP contribution is -2.64. The van der Waals surface area contributed by atoms with Crippen molar-refractivity contribution in [1.29, 1.82) is 0 Å². The fraction of sp³-hybridized carbons (Fsp3) is 0.786. The van der Waals surface area contributed by atoms with Crippen LogP contribution in [0.1, 0.15) is 47.5 Å². The van der Waals surface area contributed by atoms with Gasteiger partial charge in [-0.15, -0.1) is 0 Å². The van der Waals surface area contributed by atoms with Gasteiger partial charge in [0.05, 0.1) is 6.10 Å². The lowest BCUT2D eigenvalue weighted by atomic mass is 9.77. The van der Waals surface area contributed by atoms with E-state index in [1.807, 2.05) is 4.90 Å². The van der Waals surface area contributed by atoms with E-state index in [9.17, 15) is 4.79 Å². The molecule has 98 valence electrons. The standard InChI is InChI=1S/C14H25NO2/c1-10(2)12(16)15-13(3,4)8-11(17-7)9-14(15,5)6/h11H,1,8-9H2,2-7H3. The molecule has 0 unspecified atom stereocenters. The van der Waals surface area contributed by atoms with Crippen LogP contribution in [0.4, 0.5) is 0 Å². The minimum Gasteiger partial charge on any atom is -0.381 e. The minimum atomic E-state index is -0.196. The molecule has 0 aromatic heterocycles. The Bertz CT molecular complexity index is 313. The summed E-state index contributed by atoms with van der Waals surface area (Å²) in [5, 5.41) is 0. The summed E-state index contributed by atoms with van der Waals surface area (Å²) in [4.78, 5) is 14.3. The van der Waals surface area contributed by atoms with Crippen molar-refractivity contribution in [3.05, 3.63) is 12.2 Å².